The van der Waals surface area contributed by atoms with Gasteiger partial charge in [-0.1, -0.05) is 6.08 Å². The van der Waals surface area contributed by atoms with Crippen molar-refractivity contribution in [2.75, 3.05) is 24.4 Å². The van der Waals surface area contributed by atoms with Gasteiger partial charge >= 0.3 is 0 Å². The molecule has 0 unspecified atom stereocenters. The van der Waals surface area contributed by atoms with Crippen LogP contribution in [-0.2, 0) is 4.79 Å². The summed E-state index contributed by atoms with van der Waals surface area (Å²) in [5.41, 5.74) is 4.48. The fraction of sp³-hybridized carbons (Fsp3) is 0.261. The number of hydrogen-bond donors (Lipinski definition) is 1. The maximum absolute atomic E-state index is 13.4. The Kier molecular flexibility index (Phi) is 5.06. The van der Waals surface area contributed by atoms with Crippen LogP contribution in [0.5, 0.6) is 11.5 Å². The zero-order valence-corrected chi connectivity index (χ0v) is 16.2. The highest BCUT2D eigenvalue weighted by Crippen LogP contribution is 2.39. The van der Waals surface area contributed by atoms with Gasteiger partial charge in [-0.2, -0.15) is 0 Å². The number of rotatable bonds is 5. The molecular formula is C23H24N2O3. The van der Waals surface area contributed by atoms with Crippen LogP contribution in [0.15, 0.2) is 71.6 Å². The number of nitrogens with one attached hydrogen (secondary N) is 1. The second kappa shape index (κ2) is 7.80. The van der Waals surface area contributed by atoms with E-state index in [2.05, 4.69) is 11.4 Å². The van der Waals surface area contributed by atoms with Gasteiger partial charge in [-0.15, -0.1) is 0 Å². The number of carbonyl (C=O) groups is 1. The van der Waals surface area contributed by atoms with Crippen molar-refractivity contribution in [2.45, 2.75) is 25.7 Å². The maximum atomic E-state index is 13.4. The van der Waals surface area contributed by atoms with E-state index in [1.54, 1.807) is 14.2 Å². The molecule has 2 aromatic rings. The van der Waals surface area contributed by atoms with Gasteiger partial charge in [0.05, 0.1) is 19.9 Å². The minimum absolute atomic E-state index is 0.0239. The Balaban J connectivity index is 1.69. The van der Waals surface area contributed by atoms with Gasteiger partial charge in [-0.3, -0.25) is 9.69 Å². The smallest absolute Gasteiger partial charge is 0.279 e. The summed E-state index contributed by atoms with van der Waals surface area (Å²) >= 11 is 0. The van der Waals surface area contributed by atoms with Gasteiger partial charge in [0.15, 0.2) is 0 Å². The van der Waals surface area contributed by atoms with E-state index in [-0.39, 0.29) is 5.91 Å². The average molecular weight is 376 g/mol. The molecule has 1 aliphatic carbocycles. The first-order valence-electron chi connectivity index (χ1n) is 9.54. The fourth-order valence-corrected chi connectivity index (χ4v) is 3.70. The first kappa shape index (κ1) is 18.2. The van der Waals surface area contributed by atoms with Gasteiger partial charge in [0.1, 0.15) is 17.2 Å². The van der Waals surface area contributed by atoms with Crippen molar-refractivity contribution in [3.05, 3.63) is 71.6 Å². The zero-order chi connectivity index (χ0) is 19.5. The zero-order valence-electron chi connectivity index (χ0n) is 16.2. The first-order valence-corrected chi connectivity index (χ1v) is 9.54. The third-order valence-electron chi connectivity index (χ3n) is 5.18. The molecule has 0 spiro atoms. The highest BCUT2D eigenvalue weighted by Gasteiger charge is 2.36. The number of carbonyl (C=O) groups excluding carboxylic acids is 1. The molecule has 2 aromatic carbocycles. The molecular weight excluding hydrogens is 352 g/mol. The van der Waals surface area contributed by atoms with E-state index in [1.807, 2.05) is 53.4 Å². The number of benzene rings is 2. The van der Waals surface area contributed by atoms with Crippen LogP contribution in [-0.4, -0.2) is 20.1 Å². The largest absolute Gasteiger partial charge is 0.497 e. The molecule has 1 N–H and O–H groups in total. The standard InChI is InChI=1S/C23H24N2O3/c1-27-18-12-8-16(9-13-18)24-22-20-6-4-3-5-7-21(20)25(23(22)26)17-10-14-19(28-2)15-11-17/h7-15,24H,3-6H2,1-2H3. The van der Waals surface area contributed by atoms with Gasteiger partial charge in [0.25, 0.3) is 5.91 Å². The fourth-order valence-electron chi connectivity index (χ4n) is 3.70. The minimum atomic E-state index is -0.0239. The third kappa shape index (κ3) is 3.36. The van der Waals surface area contributed by atoms with Crippen LogP contribution in [0, 0.1) is 0 Å². The Labute approximate surface area is 165 Å². The lowest BCUT2D eigenvalue weighted by Crippen LogP contribution is -2.27. The van der Waals surface area contributed by atoms with E-state index >= 15 is 0 Å². The molecule has 0 bridgehead atoms. The SMILES string of the molecule is COc1ccc(NC2=C3CCCCC=C3N(c3ccc(OC)cc3)C2=O)cc1. The number of amides is 1. The molecule has 0 saturated carbocycles. The number of anilines is 2. The summed E-state index contributed by atoms with van der Waals surface area (Å²) in [6.45, 7) is 0. The summed E-state index contributed by atoms with van der Waals surface area (Å²) in [4.78, 5) is 15.2. The van der Waals surface area contributed by atoms with E-state index in [1.165, 1.54) is 0 Å². The van der Waals surface area contributed by atoms with Gasteiger partial charge in [-0.05, 0) is 74.2 Å². The third-order valence-corrected chi connectivity index (χ3v) is 5.18. The van der Waals surface area contributed by atoms with Crippen LogP contribution in [0.1, 0.15) is 25.7 Å². The quantitative estimate of drug-likeness (QED) is 0.808. The molecule has 0 atom stereocenters. The Hall–Kier alpha value is -3.21. The van der Waals surface area contributed by atoms with Gasteiger partial charge in [-0.25, -0.2) is 0 Å². The summed E-state index contributed by atoms with van der Waals surface area (Å²) in [6.07, 6.45) is 6.27. The summed E-state index contributed by atoms with van der Waals surface area (Å²) < 4.78 is 10.5. The molecule has 0 saturated heterocycles. The van der Waals surface area contributed by atoms with Crippen LogP contribution >= 0.6 is 0 Å². The van der Waals surface area contributed by atoms with Crippen LogP contribution in [0.3, 0.4) is 0 Å². The molecule has 144 valence electrons. The van der Waals surface area contributed by atoms with E-state index in [0.29, 0.717) is 5.70 Å². The van der Waals surface area contributed by atoms with Crippen LogP contribution in [0.25, 0.3) is 0 Å². The summed E-state index contributed by atoms with van der Waals surface area (Å²) in [5.74, 6) is 1.54. The van der Waals surface area contributed by atoms with E-state index in [0.717, 1.165) is 59.8 Å². The summed E-state index contributed by atoms with van der Waals surface area (Å²) in [5, 5.41) is 3.36. The van der Waals surface area contributed by atoms with Crippen molar-refractivity contribution in [1.82, 2.24) is 0 Å². The summed E-state index contributed by atoms with van der Waals surface area (Å²) in [6, 6.07) is 15.2. The first-order chi connectivity index (χ1) is 13.7. The van der Waals surface area contributed by atoms with E-state index < -0.39 is 0 Å². The van der Waals surface area contributed by atoms with Crippen molar-refractivity contribution in [1.29, 1.82) is 0 Å². The number of methoxy groups -OCH3 is 2. The molecule has 2 aliphatic rings. The van der Waals surface area contributed by atoms with Crippen molar-refractivity contribution >= 4 is 17.3 Å². The van der Waals surface area contributed by atoms with Crippen LogP contribution in [0.2, 0.25) is 0 Å². The van der Waals surface area contributed by atoms with Crippen molar-refractivity contribution in [2.24, 2.45) is 0 Å². The van der Waals surface area contributed by atoms with Crippen molar-refractivity contribution < 1.29 is 14.3 Å². The van der Waals surface area contributed by atoms with E-state index in [9.17, 15) is 4.79 Å². The summed E-state index contributed by atoms with van der Waals surface area (Å²) in [7, 11) is 3.28. The number of hydrogen-bond acceptors (Lipinski definition) is 4. The second-order valence-corrected chi connectivity index (χ2v) is 6.88. The second-order valence-electron chi connectivity index (χ2n) is 6.88. The average Bonchev–Trinajstić information content (AvgIpc) is 2.89. The van der Waals surface area contributed by atoms with Gasteiger partial charge in [0, 0.05) is 16.9 Å². The van der Waals surface area contributed by atoms with E-state index in [4.69, 9.17) is 9.47 Å². The monoisotopic (exact) mass is 376 g/mol. The maximum Gasteiger partial charge on any atom is 0.279 e. The molecule has 1 amide bonds. The molecule has 1 heterocycles. The molecule has 28 heavy (non-hydrogen) atoms. The molecule has 0 aromatic heterocycles. The lowest BCUT2D eigenvalue weighted by molar-refractivity contribution is -0.114. The Morgan fingerprint density at radius 1 is 0.893 bits per heavy atom. The number of allylic oxidation sites excluding steroid dienone is 2. The predicted molar refractivity (Wildman–Crippen MR) is 111 cm³/mol. The van der Waals surface area contributed by atoms with Crippen molar-refractivity contribution in [3.8, 4) is 11.5 Å². The normalized spacial score (nSPS) is 16.4. The van der Waals surface area contributed by atoms with Crippen LogP contribution in [0.4, 0.5) is 11.4 Å². The minimum Gasteiger partial charge on any atom is -0.497 e. The van der Waals surface area contributed by atoms with Crippen LogP contribution < -0.4 is 19.7 Å². The lowest BCUT2D eigenvalue weighted by atomic mass is 10.1. The molecule has 4 rings (SSSR count). The number of fused-ring (bicyclic) bond motifs is 1. The Bertz CT molecular complexity index is 927. The number of ether oxygens (including phenoxy) is 2. The number of nitrogens with zero attached hydrogens (tertiary/aromatic N) is 1. The molecule has 1 aliphatic heterocycles. The predicted octanol–water partition coefficient (Wildman–Crippen LogP) is 4.87. The highest BCUT2D eigenvalue weighted by molar-refractivity contribution is 6.15. The Morgan fingerprint density at radius 3 is 2.18 bits per heavy atom. The highest BCUT2D eigenvalue weighted by atomic mass is 16.5. The molecule has 5 heteroatoms. The topological polar surface area (TPSA) is 50.8 Å². The van der Waals surface area contributed by atoms with Crippen molar-refractivity contribution in [3.63, 3.8) is 0 Å². The molecule has 0 fully saturated rings. The molecule has 0 radical (unpaired) electrons. The molecule has 5 nitrogen and oxygen atoms in total. The Morgan fingerprint density at radius 2 is 1.54 bits per heavy atom. The van der Waals surface area contributed by atoms with Gasteiger partial charge in [0.2, 0.25) is 0 Å². The van der Waals surface area contributed by atoms with Gasteiger partial charge < -0.3 is 14.8 Å². The lowest BCUT2D eigenvalue weighted by Gasteiger charge is -2.20.